The third kappa shape index (κ3) is 2.29. The van der Waals surface area contributed by atoms with Gasteiger partial charge in [-0.15, -0.1) is 0 Å². The summed E-state index contributed by atoms with van der Waals surface area (Å²) in [5.41, 5.74) is 2.84. The number of nitrogens with zero attached hydrogens (tertiary/aromatic N) is 4. The van der Waals surface area contributed by atoms with E-state index in [9.17, 15) is 0 Å². The number of oxime groups is 1. The van der Waals surface area contributed by atoms with E-state index >= 15 is 0 Å². The van der Waals surface area contributed by atoms with E-state index in [0.717, 1.165) is 49.0 Å². The second-order valence-electron chi connectivity index (χ2n) is 4.10. The third-order valence-corrected chi connectivity index (χ3v) is 2.74. The van der Waals surface area contributed by atoms with Crippen LogP contribution < -0.4 is 4.90 Å². The van der Waals surface area contributed by atoms with Crippen LogP contribution in [0, 0.1) is 13.8 Å². The molecule has 1 saturated heterocycles. The van der Waals surface area contributed by atoms with E-state index in [-0.39, 0.29) is 0 Å². The van der Waals surface area contributed by atoms with Crippen LogP contribution in [0.3, 0.4) is 0 Å². The first-order chi connectivity index (χ1) is 7.69. The highest BCUT2D eigenvalue weighted by Gasteiger charge is 2.17. The van der Waals surface area contributed by atoms with Gasteiger partial charge in [0, 0.05) is 37.3 Å². The summed E-state index contributed by atoms with van der Waals surface area (Å²) in [6, 6.07) is 1.97. The Bertz CT molecular complexity index is 386. The Morgan fingerprint density at radius 3 is 2.25 bits per heavy atom. The second-order valence-corrected chi connectivity index (χ2v) is 4.10. The molecule has 1 aliphatic heterocycles. The van der Waals surface area contributed by atoms with Gasteiger partial charge < -0.3 is 10.1 Å². The lowest BCUT2D eigenvalue weighted by Crippen LogP contribution is -2.35. The predicted molar refractivity (Wildman–Crippen MR) is 62.2 cm³/mol. The number of rotatable bonds is 1. The van der Waals surface area contributed by atoms with Gasteiger partial charge in [-0.25, -0.2) is 9.97 Å². The summed E-state index contributed by atoms with van der Waals surface area (Å²) in [6.45, 7) is 5.59. The molecule has 5 heteroatoms. The molecule has 1 aliphatic rings. The van der Waals surface area contributed by atoms with Crippen molar-refractivity contribution in [2.75, 3.05) is 18.0 Å². The molecule has 0 atom stereocenters. The fourth-order valence-corrected chi connectivity index (χ4v) is 1.91. The van der Waals surface area contributed by atoms with Gasteiger partial charge in [-0.1, -0.05) is 5.16 Å². The van der Waals surface area contributed by atoms with Crippen LogP contribution in [0.5, 0.6) is 0 Å². The van der Waals surface area contributed by atoms with Gasteiger partial charge in [0.1, 0.15) is 0 Å². The number of hydrogen-bond acceptors (Lipinski definition) is 5. The van der Waals surface area contributed by atoms with E-state index in [4.69, 9.17) is 5.21 Å². The summed E-state index contributed by atoms with van der Waals surface area (Å²) in [7, 11) is 0. The van der Waals surface area contributed by atoms with Gasteiger partial charge in [0.05, 0.1) is 5.71 Å². The van der Waals surface area contributed by atoms with Gasteiger partial charge in [-0.05, 0) is 19.9 Å². The monoisotopic (exact) mass is 220 g/mol. The van der Waals surface area contributed by atoms with Crippen LogP contribution >= 0.6 is 0 Å². The van der Waals surface area contributed by atoms with Gasteiger partial charge in [-0.3, -0.25) is 0 Å². The van der Waals surface area contributed by atoms with E-state index in [1.807, 2.05) is 19.9 Å². The van der Waals surface area contributed by atoms with E-state index in [1.165, 1.54) is 0 Å². The van der Waals surface area contributed by atoms with Crippen molar-refractivity contribution in [3.05, 3.63) is 17.5 Å². The molecule has 86 valence electrons. The summed E-state index contributed by atoms with van der Waals surface area (Å²) < 4.78 is 0. The van der Waals surface area contributed by atoms with Crippen LogP contribution in [0.25, 0.3) is 0 Å². The summed E-state index contributed by atoms with van der Waals surface area (Å²) >= 11 is 0. The Morgan fingerprint density at radius 1 is 1.19 bits per heavy atom. The molecule has 0 bridgehead atoms. The van der Waals surface area contributed by atoms with Crippen LogP contribution in [0.4, 0.5) is 5.95 Å². The minimum Gasteiger partial charge on any atom is -0.411 e. The molecule has 0 saturated carbocycles. The van der Waals surface area contributed by atoms with Crippen molar-refractivity contribution in [1.29, 1.82) is 0 Å². The molecular weight excluding hydrogens is 204 g/mol. The van der Waals surface area contributed by atoms with Gasteiger partial charge in [0.15, 0.2) is 0 Å². The Morgan fingerprint density at radius 2 is 1.75 bits per heavy atom. The van der Waals surface area contributed by atoms with Crippen LogP contribution in [0.15, 0.2) is 11.2 Å². The average Bonchev–Trinajstić information content (AvgIpc) is 2.28. The maximum atomic E-state index is 8.67. The molecule has 0 amide bonds. The lowest BCUT2D eigenvalue weighted by molar-refractivity contribution is 0.315. The highest BCUT2D eigenvalue weighted by atomic mass is 16.4. The molecule has 0 radical (unpaired) electrons. The summed E-state index contributed by atoms with van der Waals surface area (Å²) in [5, 5.41) is 11.9. The first-order valence-corrected chi connectivity index (χ1v) is 5.46. The summed E-state index contributed by atoms with van der Waals surface area (Å²) in [6.07, 6.45) is 1.57. The largest absolute Gasteiger partial charge is 0.411 e. The molecule has 0 aromatic carbocycles. The molecular formula is C11H16N4O. The molecule has 1 aromatic rings. The zero-order chi connectivity index (χ0) is 11.5. The van der Waals surface area contributed by atoms with Crippen molar-refractivity contribution in [3.8, 4) is 0 Å². The summed E-state index contributed by atoms with van der Waals surface area (Å²) in [4.78, 5) is 11.0. The Labute approximate surface area is 94.8 Å². The highest BCUT2D eigenvalue weighted by molar-refractivity contribution is 5.85. The smallest absolute Gasteiger partial charge is 0.225 e. The first-order valence-electron chi connectivity index (χ1n) is 5.46. The maximum Gasteiger partial charge on any atom is 0.225 e. The van der Waals surface area contributed by atoms with Crippen molar-refractivity contribution < 1.29 is 5.21 Å². The first kappa shape index (κ1) is 10.9. The van der Waals surface area contributed by atoms with Gasteiger partial charge in [0.2, 0.25) is 5.95 Å². The van der Waals surface area contributed by atoms with E-state index < -0.39 is 0 Å². The fraction of sp³-hybridized carbons (Fsp3) is 0.545. The molecule has 0 aliphatic carbocycles. The minimum absolute atomic E-state index is 0.785. The minimum atomic E-state index is 0.785. The number of hydrogen-bond donors (Lipinski definition) is 1. The zero-order valence-corrected chi connectivity index (χ0v) is 9.64. The average molecular weight is 220 g/mol. The van der Waals surface area contributed by atoms with Crippen molar-refractivity contribution in [2.24, 2.45) is 5.16 Å². The van der Waals surface area contributed by atoms with Crippen molar-refractivity contribution >= 4 is 11.7 Å². The Hall–Kier alpha value is -1.65. The fourth-order valence-electron chi connectivity index (χ4n) is 1.91. The molecule has 16 heavy (non-hydrogen) atoms. The van der Waals surface area contributed by atoms with Crippen LogP contribution in [-0.4, -0.2) is 34.0 Å². The van der Waals surface area contributed by atoms with Crippen molar-refractivity contribution in [1.82, 2.24) is 9.97 Å². The number of aryl methyl sites for hydroxylation is 2. The van der Waals surface area contributed by atoms with Crippen molar-refractivity contribution in [2.45, 2.75) is 26.7 Å². The quantitative estimate of drug-likeness (QED) is 0.576. The SMILES string of the molecule is Cc1cc(C)nc(N2CCC(=NO)CC2)n1. The van der Waals surface area contributed by atoms with Gasteiger partial charge >= 0.3 is 0 Å². The molecule has 2 heterocycles. The zero-order valence-electron chi connectivity index (χ0n) is 9.64. The molecule has 2 rings (SSSR count). The molecule has 1 fully saturated rings. The standard InChI is InChI=1S/C11H16N4O/c1-8-7-9(2)13-11(12-8)15-5-3-10(14-16)4-6-15/h7,16H,3-6H2,1-2H3. The normalized spacial score (nSPS) is 16.4. The molecule has 1 aromatic heterocycles. The number of aromatic nitrogens is 2. The highest BCUT2D eigenvalue weighted by Crippen LogP contribution is 2.15. The molecule has 5 nitrogen and oxygen atoms in total. The Kier molecular flexibility index (Phi) is 3.03. The number of piperidine rings is 1. The van der Waals surface area contributed by atoms with E-state index in [1.54, 1.807) is 0 Å². The topological polar surface area (TPSA) is 61.6 Å². The van der Waals surface area contributed by atoms with E-state index in [0.29, 0.717) is 0 Å². The third-order valence-electron chi connectivity index (χ3n) is 2.74. The molecule has 1 N–H and O–H groups in total. The van der Waals surface area contributed by atoms with Crippen molar-refractivity contribution in [3.63, 3.8) is 0 Å². The van der Waals surface area contributed by atoms with Crippen LogP contribution in [0.2, 0.25) is 0 Å². The van der Waals surface area contributed by atoms with Gasteiger partial charge in [0.25, 0.3) is 0 Å². The lowest BCUT2D eigenvalue weighted by Gasteiger charge is -2.27. The molecule has 0 spiro atoms. The Balaban J connectivity index is 2.14. The van der Waals surface area contributed by atoms with Gasteiger partial charge in [-0.2, -0.15) is 0 Å². The molecule has 0 unspecified atom stereocenters. The number of anilines is 1. The summed E-state index contributed by atoms with van der Waals surface area (Å²) in [5.74, 6) is 0.787. The maximum absolute atomic E-state index is 8.67. The second kappa shape index (κ2) is 4.47. The van der Waals surface area contributed by atoms with Crippen LogP contribution in [0.1, 0.15) is 24.2 Å². The van der Waals surface area contributed by atoms with E-state index in [2.05, 4.69) is 20.0 Å². The van der Waals surface area contributed by atoms with Crippen LogP contribution in [-0.2, 0) is 0 Å². The lowest BCUT2D eigenvalue weighted by atomic mass is 10.1. The predicted octanol–water partition coefficient (Wildman–Crippen LogP) is 1.52.